The zero-order chi connectivity index (χ0) is 12.0. The normalized spacial score (nSPS) is 12.8. The van der Waals surface area contributed by atoms with Crippen LogP contribution in [0.4, 0.5) is 5.69 Å². The van der Waals surface area contributed by atoms with Crippen molar-refractivity contribution in [1.82, 2.24) is 5.16 Å². The summed E-state index contributed by atoms with van der Waals surface area (Å²) >= 11 is 0. The van der Waals surface area contributed by atoms with E-state index in [2.05, 4.69) is 22.0 Å². The smallest absolute Gasteiger partial charge is 0.161 e. The zero-order valence-corrected chi connectivity index (χ0v) is 9.77. The standard InChI is InChI=1S/C12H15N3O/c1-5-7-11(8-6-2)13-14-12-9(3)15-16-10(12)4/h5-8H,1H2,2-4H3/b8-6-,11-7+,14-13?. The van der Waals surface area contributed by atoms with E-state index in [0.717, 1.165) is 11.4 Å². The van der Waals surface area contributed by atoms with Crippen LogP contribution in [0.1, 0.15) is 18.4 Å². The second-order valence-corrected chi connectivity index (χ2v) is 3.20. The minimum atomic E-state index is 0.666. The van der Waals surface area contributed by atoms with Crippen molar-refractivity contribution >= 4 is 5.69 Å². The van der Waals surface area contributed by atoms with Crippen molar-refractivity contribution in [3.63, 3.8) is 0 Å². The monoisotopic (exact) mass is 217 g/mol. The molecule has 84 valence electrons. The Kier molecular flexibility index (Phi) is 4.39. The molecule has 0 fully saturated rings. The molecule has 0 aromatic carbocycles. The van der Waals surface area contributed by atoms with E-state index in [0.29, 0.717) is 11.4 Å². The average molecular weight is 217 g/mol. The lowest BCUT2D eigenvalue weighted by molar-refractivity contribution is 0.393. The summed E-state index contributed by atoms with van der Waals surface area (Å²) in [6, 6.07) is 0. The topological polar surface area (TPSA) is 50.8 Å². The lowest BCUT2D eigenvalue weighted by Gasteiger charge is -1.91. The van der Waals surface area contributed by atoms with Crippen molar-refractivity contribution in [2.24, 2.45) is 10.2 Å². The van der Waals surface area contributed by atoms with Gasteiger partial charge in [0.25, 0.3) is 0 Å². The Morgan fingerprint density at radius 3 is 2.69 bits per heavy atom. The predicted molar refractivity (Wildman–Crippen MR) is 63.6 cm³/mol. The van der Waals surface area contributed by atoms with Crippen LogP contribution in [0.25, 0.3) is 0 Å². The molecule has 0 unspecified atom stereocenters. The number of azo groups is 1. The van der Waals surface area contributed by atoms with Crippen LogP contribution in [0.5, 0.6) is 0 Å². The first-order valence-corrected chi connectivity index (χ1v) is 4.99. The summed E-state index contributed by atoms with van der Waals surface area (Å²) in [5.41, 5.74) is 2.15. The summed E-state index contributed by atoms with van der Waals surface area (Å²) in [6.45, 7) is 9.18. The van der Waals surface area contributed by atoms with Gasteiger partial charge < -0.3 is 4.52 Å². The molecule has 0 aliphatic heterocycles. The molecule has 0 N–H and O–H groups in total. The van der Waals surface area contributed by atoms with E-state index >= 15 is 0 Å². The van der Waals surface area contributed by atoms with Crippen LogP contribution in [0.2, 0.25) is 0 Å². The predicted octanol–water partition coefficient (Wildman–Crippen LogP) is 4.02. The molecule has 0 spiro atoms. The van der Waals surface area contributed by atoms with Gasteiger partial charge in [-0.25, -0.2) is 0 Å². The molecule has 0 amide bonds. The van der Waals surface area contributed by atoms with E-state index in [9.17, 15) is 0 Å². The highest BCUT2D eigenvalue weighted by molar-refractivity contribution is 5.43. The van der Waals surface area contributed by atoms with Crippen LogP contribution < -0.4 is 0 Å². The van der Waals surface area contributed by atoms with Gasteiger partial charge in [0, 0.05) is 0 Å². The van der Waals surface area contributed by atoms with Crippen LogP contribution in [-0.2, 0) is 0 Å². The molecule has 0 aliphatic rings. The molecule has 1 rings (SSSR count). The van der Waals surface area contributed by atoms with E-state index in [1.165, 1.54) is 0 Å². The maximum absolute atomic E-state index is 4.99. The highest BCUT2D eigenvalue weighted by Crippen LogP contribution is 2.23. The number of rotatable bonds is 4. The maximum Gasteiger partial charge on any atom is 0.161 e. The van der Waals surface area contributed by atoms with Crippen molar-refractivity contribution in [3.8, 4) is 0 Å². The van der Waals surface area contributed by atoms with Gasteiger partial charge in [-0.15, -0.1) is 5.11 Å². The lowest BCUT2D eigenvalue weighted by Crippen LogP contribution is -1.72. The minimum absolute atomic E-state index is 0.666. The molecule has 1 aromatic heterocycles. The van der Waals surface area contributed by atoms with E-state index in [1.807, 2.05) is 26.0 Å². The molecule has 4 heteroatoms. The number of hydrogen-bond donors (Lipinski definition) is 0. The molecule has 0 atom stereocenters. The highest BCUT2D eigenvalue weighted by atomic mass is 16.5. The quantitative estimate of drug-likeness (QED) is 0.565. The van der Waals surface area contributed by atoms with Crippen molar-refractivity contribution in [2.75, 3.05) is 0 Å². The summed E-state index contributed by atoms with van der Waals surface area (Å²) in [5, 5.41) is 12.0. The molecule has 16 heavy (non-hydrogen) atoms. The number of aryl methyl sites for hydroxylation is 2. The van der Waals surface area contributed by atoms with Gasteiger partial charge in [0.1, 0.15) is 5.69 Å². The van der Waals surface area contributed by atoms with Crippen LogP contribution in [0.3, 0.4) is 0 Å². The average Bonchev–Trinajstić information content (AvgIpc) is 2.56. The van der Waals surface area contributed by atoms with Crippen LogP contribution in [0, 0.1) is 13.8 Å². The highest BCUT2D eigenvalue weighted by Gasteiger charge is 2.07. The van der Waals surface area contributed by atoms with Gasteiger partial charge in [-0.2, -0.15) is 5.11 Å². The van der Waals surface area contributed by atoms with Crippen LogP contribution >= 0.6 is 0 Å². The maximum atomic E-state index is 4.99. The Bertz CT molecular complexity index is 433. The summed E-state index contributed by atoms with van der Waals surface area (Å²) < 4.78 is 4.99. The Morgan fingerprint density at radius 2 is 2.19 bits per heavy atom. The van der Waals surface area contributed by atoms with E-state index < -0.39 is 0 Å². The minimum Gasteiger partial charge on any atom is -0.359 e. The van der Waals surface area contributed by atoms with Gasteiger partial charge >= 0.3 is 0 Å². The lowest BCUT2D eigenvalue weighted by atomic mass is 10.3. The SMILES string of the molecule is C=C/C=C(\C=C/C)N=Nc1c(C)noc1C. The molecule has 0 aliphatic carbocycles. The molecule has 4 nitrogen and oxygen atoms in total. The molecule has 1 heterocycles. The van der Waals surface area contributed by atoms with Crippen molar-refractivity contribution in [3.05, 3.63) is 48.0 Å². The van der Waals surface area contributed by atoms with E-state index in [1.54, 1.807) is 19.1 Å². The number of hydrogen-bond acceptors (Lipinski definition) is 4. The second-order valence-electron chi connectivity index (χ2n) is 3.20. The summed E-state index contributed by atoms with van der Waals surface area (Å²) in [5.74, 6) is 0.666. The number of aromatic nitrogens is 1. The first kappa shape index (κ1) is 12.1. The Hall–Kier alpha value is -1.97. The fraction of sp³-hybridized carbons (Fsp3) is 0.250. The number of nitrogens with zero attached hydrogens (tertiary/aromatic N) is 3. The van der Waals surface area contributed by atoms with Crippen LogP contribution in [0.15, 0.2) is 51.3 Å². The van der Waals surface area contributed by atoms with E-state index in [-0.39, 0.29) is 0 Å². The summed E-state index contributed by atoms with van der Waals surface area (Å²) in [6.07, 6.45) is 7.19. The fourth-order valence-corrected chi connectivity index (χ4v) is 1.14. The second kappa shape index (κ2) is 5.80. The largest absolute Gasteiger partial charge is 0.359 e. The molecule has 0 bridgehead atoms. The van der Waals surface area contributed by atoms with Crippen molar-refractivity contribution in [2.45, 2.75) is 20.8 Å². The van der Waals surface area contributed by atoms with Gasteiger partial charge in [0.15, 0.2) is 11.4 Å². The molecule has 0 saturated carbocycles. The third kappa shape index (κ3) is 3.02. The molecular weight excluding hydrogens is 202 g/mol. The molecule has 1 aromatic rings. The third-order valence-electron chi connectivity index (χ3n) is 1.89. The van der Waals surface area contributed by atoms with Crippen molar-refractivity contribution < 1.29 is 4.52 Å². The van der Waals surface area contributed by atoms with Gasteiger partial charge in [-0.05, 0) is 32.9 Å². The first-order chi connectivity index (χ1) is 7.69. The number of allylic oxidation sites excluding steroid dienone is 4. The van der Waals surface area contributed by atoms with E-state index in [4.69, 9.17) is 4.52 Å². The summed E-state index contributed by atoms with van der Waals surface area (Å²) in [7, 11) is 0. The van der Waals surface area contributed by atoms with Gasteiger partial charge in [0.2, 0.25) is 0 Å². The Morgan fingerprint density at radius 1 is 1.44 bits per heavy atom. The van der Waals surface area contributed by atoms with Gasteiger partial charge in [-0.3, -0.25) is 0 Å². The van der Waals surface area contributed by atoms with Gasteiger partial charge in [-0.1, -0.05) is 23.9 Å². The molecular formula is C12H15N3O. The van der Waals surface area contributed by atoms with Crippen molar-refractivity contribution in [1.29, 1.82) is 0 Å². The molecule has 0 radical (unpaired) electrons. The Labute approximate surface area is 95.1 Å². The van der Waals surface area contributed by atoms with Crippen LogP contribution in [-0.4, -0.2) is 5.16 Å². The fourth-order valence-electron chi connectivity index (χ4n) is 1.14. The zero-order valence-electron chi connectivity index (χ0n) is 9.77. The molecule has 0 saturated heterocycles. The summed E-state index contributed by atoms with van der Waals surface area (Å²) in [4.78, 5) is 0. The van der Waals surface area contributed by atoms with Gasteiger partial charge in [0.05, 0.1) is 5.70 Å². The Balaban J connectivity index is 2.95. The first-order valence-electron chi connectivity index (χ1n) is 4.99. The third-order valence-corrected chi connectivity index (χ3v) is 1.89.